The molecule has 1 aromatic carbocycles. The number of imidazole rings is 1. The van der Waals surface area contributed by atoms with Crippen LogP contribution in [0, 0.1) is 10.1 Å². The Morgan fingerprint density at radius 3 is 2.76 bits per heavy atom. The van der Waals surface area contributed by atoms with Gasteiger partial charge in [0.15, 0.2) is 0 Å². The highest BCUT2D eigenvalue weighted by molar-refractivity contribution is 7.89. The van der Waals surface area contributed by atoms with Crippen LogP contribution in [0.5, 0.6) is 0 Å². The maximum absolute atomic E-state index is 12.9. The van der Waals surface area contributed by atoms with Gasteiger partial charge in [0.25, 0.3) is 5.69 Å². The summed E-state index contributed by atoms with van der Waals surface area (Å²) in [5.74, 6) is 0. The van der Waals surface area contributed by atoms with Gasteiger partial charge in [-0.3, -0.25) is 10.1 Å². The lowest BCUT2D eigenvalue weighted by atomic mass is 10.3. The molecule has 2 aromatic heterocycles. The van der Waals surface area contributed by atoms with Gasteiger partial charge in [0.2, 0.25) is 10.0 Å². The maximum atomic E-state index is 12.9. The lowest BCUT2D eigenvalue weighted by molar-refractivity contribution is -0.385. The number of hydrogen-bond acceptors (Lipinski definition) is 5. The average molecular weight is 360 g/mol. The second-order valence-electron chi connectivity index (χ2n) is 5.36. The van der Waals surface area contributed by atoms with Crippen LogP contribution in [0.4, 0.5) is 5.69 Å². The van der Waals surface area contributed by atoms with Gasteiger partial charge in [-0.2, -0.15) is 4.31 Å². The smallest absolute Gasteiger partial charge is 0.270 e. The molecule has 130 valence electrons. The Morgan fingerprint density at radius 2 is 2.04 bits per heavy atom. The zero-order valence-electron chi connectivity index (χ0n) is 13.4. The van der Waals surface area contributed by atoms with Crippen molar-refractivity contribution in [3.63, 3.8) is 0 Å². The van der Waals surface area contributed by atoms with Crippen LogP contribution in [-0.4, -0.2) is 33.6 Å². The Balaban J connectivity index is 1.97. The summed E-state index contributed by atoms with van der Waals surface area (Å²) in [7, 11) is -3.86. The molecule has 0 unspecified atom stereocenters. The van der Waals surface area contributed by atoms with E-state index >= 15 is 0 Å². The summed E-state index contributed by atoms with van der Waals surface area (Å²) in [5.41, 5.74) is 1.18. The second kappa shape index (κ2) is 6.61. The van der Waals surface area contributed by atoms with Crippen LogP contribution in [0.15, 0.2) is 59.8 Å². The summed E-state index contributed by atoms with van der Waals surface area (Å²) in [6, 6.07) is 10.6. The van der Waals surface area contributed by atoms with Crippen molar-refractivity contribution in [1.29, 1.82) is 0 Å². The van der Waals surface area contributed by atoms with E-state index in [2.05, 4.69) is 4.98 Å². The molecule has 0 bridgehead atoms. The molecule has 0 aliphatic heterocycles. The summed E-state index contributed by atoms with van der Waals surface area (Å²) in [5, 5.41) is 10.9. The van der Waals surface area contributed by atoms with E-state index in [-0.39, 0.29) is 23.7 Å². The molecule has 0 saturated carbocycles. The molecular weight excluding hydrogens is 344 g/mol. The molecule has 0 spiro atoms. The normalized spacial score (nSPS) is 11.9. The third kappa shape index (κ3) is 3.24. The van der Waals surface area contributed by atoms with Crippen LogP contribution in [0.25, 0.3) is 5.65 Å². The number of nitrogens with zero attached hydrogens (tertiary/aromatic N) is 4. The van der Waals surface area contributed by atoms with Gasteiger partial charge in [0.05, 0.1) is 28.3 Å². The summed E-state index contributed by atoms with van der Waals surface area (Å²) >= 11 is 0. The fourth-order valence-electron chi connectivity index (χ4n) is 2.56. The first kappa shape index (κ1) is 17.1. The third-order valence-electron chi connectivity index (χ3n) is 3.85. The minimum absolute atomic E-state index is 0.0997. The molecule has 9 heteroatoms. The number of aromatic nitrogens is 2. The van der Waals surface area contributed by atoms with Crippen molar-refractivity contribution < 1.29 is 13.3 Å². The molecule has 0 aliphatic rings. The molecule has 3 aromatic rings. The molecule has 0 atom stereocenters. The number of non-ortho nitro benzene ring substituents is 1. The first-order valence-electron chi connectivity index (χ1n) is 7.59. The highest BCUT2D eigenvalue weighted by Crippen LogP contribution is 2.22. The summed E-state index contributed by atoms with van der Waals surface area (Å²) in [6.45, 7) is 2.07. The predicted octanol–water partition coefficient (Wildman–Crippen LogP) is 2.45. The van der Waals surface area contributed by atoms with E-state index < -0.39 is 14.9 Å². The molecule has 2 heterocycles. The largest absolute Gasteiger partial charge is 0.303 e. The van der Waals surface area contributed by atoms with Crippen LogP contribution in [0.3, 0.4) is 0 Å². The van der Waals surface area contributed by atoms with Crippen molar-refractivity contribution in [2.75, 3.05) is 6.54 Å². The van der Waals surface area contributed by atoms with Crippen molar-refractivity contribution in [1.82, 2.24) is 13.7 Å². The number of hydrogen-bond donors (Lipinski definition) is 0. The lowest BCUT2D eigenvalue weighted by Gasteiger charge is -2.20. The van der Waals surface area contributed by atoms with E-state index in [9.17, 15) is 18.5 Å². The highest BCUT2D eigenvalue weighted by Gasteiger charge is 2.25. The van der Waals surface area contributed by atoms with E-state index in [1.54, 1.807) is 13.1 Å². The predicted molar refractivity (Wildman–Crippen MR) is 91.6 cm³/mol. The minimum Gasteiger partial charge on any atom is -0.303 e. The van der Waals surface area contributed by atoms with Gasteiger partial charge < -0.3 is 4.40 Å². The first-order chi connectivity index (χ1) is 11.9. The standard InChI is InChI=1S/C16H16N4O4S/c1-2-18(12-14-11-17-16-8-3-4-9-19(14)16)25(23,24)15-7-5-6-13(10-15)20(21)22/h3-11H,2,12H2,1H3. The maximum Gasteiger partial charge on any atom is 0.270 e. The molecule has 0 radical (unpaired) electrons. The van der Waals surface area contributed by atoms with E-state index in [1.807, 2.05) is 28.8 Å². The van der Waals surface area contributed by atoms with Crippen LogP contribution >= 0.6 is 0 Å². The molecular formula is C16H16N4O4S. The van der Waals surface area contributed by atoms with E-state index in [0.717, 1.165) is 11.7 Å². The first-order valence-corrected chi connectivity index (χ1v) is 9.03. The van der Waals surface area contributed by atoms with Gasteiger partial charge in [0, 0.05) is 24.9 Å². The van der Waals surface area contributed by atoms with Crippen LogP contribution < -0.4 is 0 Å². The number of sulfonamides is 1. The van der Waals surface area contributed by atoms with Crippen LogP contribution in [0.2, 0.25) is 0 Å². The lowest BCUT2D eigenvalue weighted by Crippen LogP contribution is -2.31. The molecule has 8 nitrogen and oxygen atoms in total. The molecule has 0 N–H and O–H groups in total. The number of nitro groups is 1. The quantitative estimate of drug-likeness (QED) is 0.497. The van der Waals surface area contributed by atoms with E-state index in [1.165, 1.54) is 22.5 Å². The average Bonchev–Trinajstić information content (AvgIpc) is 3.02. The SMILES string of the molecule is CCN(Cc1cnc2ccccn12)S(=O)(=O)c1cccc([N+](=O)[O-])c1. The van der Waals surface area contributed by atoms with Crippen molar-refractivity contribution >= 4 is 21.4 Å². The number of fused-ring (bicyclic) bond motifs is 1. The van der Waals surface area contributed by atoms with Crippen molar-refractivity contribution in [3.8, 4) is 0 Å². The summed E-state index contributed by atoms with van der Waals surface area (Å²) < 4.78 is 28.8. The van der Waals surface area contributed by atoms with Gasteiger partial charge in [-0.15, -0.1) is 0 Å². The summed E-state index contributed by atoms with van der Waals surface area (Å²) in [4.78, 5) is 14.4. The Morgan fingerprint density at radius 1 is 1.24 bits per heavy atom. The zero-order valence-corrected chi connectivity index (χ0v) is 14.3. The Kier molecular flexibility index (Phi) is 4.51. The van der Waals surface area contributed by atoms with Crippen LogP contribution in [0.1, 0.15) is 12.6 Å². The van der Waals surface area contributed by atoms with Gasteiger partial charge in [-0.1, -0.05) is 19.1 Å². The van der Waals surface area contributed by atoms with Crippen molar-refractivity contribution in [2.24, 2.45) is 0 Å². The molecule has 3 rings (SSSR count). The number of rotatable bonds is 6. The second-order valence-corrected chi connectivity index (χ2v) is 7.30. The Labute approximate surface area is 144 Å². The number of nitro benzene ring substituents is 1. The highest BCUT2D eigenvalue weighted by atomic mass is 32.2. The monoisotopic (exact) mass is 360 g/mol. The molecule has 0 fully saturated rings. The van der Waals surface area contributed by atoms with E-state index in [0.29, 0.717) is 5.69 Å². The summed E-state index contributed by atoms with van der Waals surface area (Å²) in [6.07, 6.45) is 3.44. The molecule has 0 saturated heterocycles. The number of benzene rings is 1. The molecule has 0 amide bonds. The van der Waals surface area contributed by atoms with Crippen LogP contribution in [-0.2, 0) is 16.6 Å². The number of pyridine rings is 1. The fraction of sp³-hybridized carbons (Fsp3) is 0.188. The van der Waals surface area contributed by atoms with Gasteiger partial charge in [-0.05, 0) is 18.2 Å². The van der Waals surface area contributed by atoms with Gasteiger partial charge in [0.1, 0.15) is 5.65 Å². The van der Waals surface area contributed by atoms with E-state index in [4.69, 9.17) is 0 Å². The fourth-order valence-corrected chi connectivity index (χ4v) is 4.02. The van der Waals surface area contributed by atoms with Crippen molar-refractivity contribution in [2.45, 2.75) is 18.4 Å². The zero-order chi connectivity index (χ0) is 18.0. The van der Waals surface area contributed by atoms with Gasteiger partial charge >= 0.3 is 0 Å². The molecule has 0 aliphatic carbocycles. The van der Waals surface area contributed by atoms with Gasteiger partial charge in [-0.25, -0.2) is 13.4 Å². The van der Waals surface area contributed by atoms with Crippen molar-refractivity contribution in [3.05, 3.63) is 70.7 Å². The minimum atomic E-state index is -3.86. The third-order valence-corrected chi connectivity index (χ3v) is 5.77. The topological polar surface area (TPSA) is 97.8 Å². The molecule has 25 heavy (non-hydrogen) atoms. The Bertz CT molecular complexity index is 1030. The Hall–Kier alpha value is -2.78.